The molecule has 2 rings (SSSR count). The third-order valence-electron chi connectivity index (χ3n) is 2.75. The summed E-state index contributed by atoms with van der Waals surface area (Å²) in [7, 11) is 0. The van der Waals surface area contributed by atoms with Crippen LogP contribution in [0.5, 0.6) is 0 Å². The highest BCUT2D eigenvalue weighted by atomic mass is 16.4. The van der Waals surface area contributed by atoms with E-state index < -0.39 is 24.0 Å². The molecular formula is C14H14N4O4. The molecule has 1 aromatic carbocycles. The van der Waals surface area contributed by atoms with Crippen LogP contribution in [0.3, 0.4) is 0 Å². The van der Waals surface area contributed by atoms with Gasteiger partial charge in [0.25, 0.3) is 11.5 Å². The Morgan fingerprint density at radius 3 is 2.59 bits per heavy atom. The number of aliphatic carboxylic acids is 1. The third-order valence-corrected chi connectivity index (χ3v) is 2.75. The van der Waals surface area contributed by atoms with E-state index in [1.54, 1.807) is 0 Å². The van der Waals surface area contributed by atoms with Gasteiger partial charge in [0.2, 0.25) is 5.95 Å². The van der Waals surface area contributed by atoms with Gasteiger partial charge in [0.05, 0.1) is 0 Å². The van der Waals surface area contributed by atoms with Crippen LogP contribution in [0.2, 0.25) is 0 Å². The highest BCUT2D eigenvalue weighted by molar-refractivity contribution is 5.95. The minimum atomic E-state index is -1.20. The minimum absolute atomic E-state index is 0.226. The lowest BCUT2D eigenvalue weighted by Crippen LogP contribution is -2.33. The maximum atomic E-state index is 11.8. The normalized spacial score (nSPS) is 10.0. The van der Waals surface area contributed by atoms with Gasteiger partial charge in [-0.25, -0.2) is 4.98 Å². The third kappa shape index (κ3) is 4.17. The van der Waals surface area contributed by atoms with Crippen molar-refractivity contribution in [3.05, 3.63) is 58.0 Å². The van der Waals surface area contributed by atoms with Crippen molar-refractivity contribution in [3.8, 4) is 0 Å². The lowest BCUT2D eigenvalue weighted by atomic mass is 10.2. The zero-order valence-corrected chi connectivity index (χ0v) is 11.5. The summed E-state index contributed by atoms with van der Waals surface area (Å²) in [6.07, 6.45) is 1.10. The molecule has 0 saturated carbocycles. The maximum Gasteiger partial charge on any atom is 0.322 e. The number of nitrogens with one attached hydrogen (secondary N) is 3. The first-order valence-corrected chi connectivity index (χ1v) is 6.43. The van der Waals surface area contributed by atoms with Crippen molar-refractivity contribution in [1.82, 2.24) is 15.3 Å². The summed E-state index contributed by atoms with van der Waals surface area (Å²) in [6.45, 7) is -0.0966. The molecule has 0 unspecified atom stereocenters. The van der Waals surface area contributed by atoms with Crippen molar-refractivity contribution in [2.75, 3.05) is 11.9 Å². The van der Waals surface area contributed by atoms with Crippen molar-refractivity contribution < 1.29 is 14.7 Å². The second-order valence-electron chi connectivity index (χ2n) is 4.39. The Hall–Kier alpha value is -3.16. The molecule has 1 amide bonds. The quantitative estimate of drug-likeness (QED) is 0.604. The number of carbonyl (C=O) groups is 2. The first kappa shape index (κ1) is 15.2. The van der Waals surface area contributed by atoms with Crippen molar-refractivity contribution in [2.24, 2.45) is 0 Å². The van der Waals surface area contributed by atoms with E-state index in [2.05, 4.69) is 20.6 Å². The van der Waals surface area contributed by atoms with Crippen LogP contribution in [-0.4, -0.2) is 33.5 Å². The van der Waals surface area contributed by atoms with Gasteiger partial charge in [-0.1, -0.05) is 30.3 Å². The molecule has 0 aliphatic carbocycles. The SMILES string of the molecule is O=C(O)CNC(=O)c1cnc(NCc2ccccc2)[nH]c1=O. The molecule has 114 valence electrons. The number of carbonyl (C=O) groups excluding carboxylic acids is 1. The molecule has 0 aliphatic rings. The number of carboxylic acid groups (broad SMARTS) is 1. The molecule has 0 spiro atoms. The van der Waals surface area contributed by atoms with Gasteiger partial charge in [-0.3, -0.25) is 19.4 Å². The zero-order valence-electron chi connectivity index (χ0n) is 11.5. The number of aromatic nitrogens is 2. The predicted octanol–water partition coefficient (Wildman–Crippen LogP) is 0.196. The molecule has 0 atom stereocenters. The molecular weight excluding hydrogens is 288 g/mol. The summed E-state index contributed by atoms with van der Waals surface area (Å²) >= 11 is 0. The molecule has 4 N–H and O–H groups in total. The number of rotatable bonds is 6. The molecule has 8 heteroatoms. The molecule has 22 heavy (non-hydrogen) atoms. The van der Waals surface area contributed by atoms with Gasteiger partial charge in [0, 0.05) is 12.7 Å². The summed E-state index contributed by atoms with van der Waals surface area (Å²) in [5, 5.41) is 13.5. The van der Waals surface area contributed by atoms with E-state index in [0.29, 0.717) is 6.54 Å². The minimum Gasteiger partial charge on any atom is -0.480 e. The number of anilines is 1. The fourth-order valence-electron chi connectivity index (χ4n) is 1.68. The number of H-pyrrole nitrogens is 1. The second kappa shape index (κ2) is 7.02. The molecule has 1 aromatic heterocycles. The summed E-state index contributed by atoms with van der Waals surface area (Å²) in [6, 6.07) is 9.51. The number of aromatic amines is 1. The molecule has 8 nitrogen and oxygen atoms in total. The Balaban J connectivity index is 2.01. The van der Waals surface area contributed by atoms with Crippen molar-refractivity contribution in [3.63, 3.8) is 0 Å². The Bertz CT molecular complexity index is 727. The van der Waals surface area contributed by atoms with E-state index in [0.717, 1.165) is 11.8 Å². The average molecular weight is 302 g/mol. The lowest BCUT2D eigenvalue weighted by Gasteiger charge is -2.06. The van der Waals surface area contributed by atoms with E-state index in [1.165, 1.54) is 0 Å². The second-order valence-corrected chi connectivity index (χ2v) is 4.39. The molecule has 0 aliphatic heterocycles. The number of amides is 1. The van der Waals surface area contributed by atoms with E-state index in [-0.39, 0.29) is 11.5 Å². The largest absolute Gasteiger partial charge is 0.480 e. The average Bonchev–Trinajstić information content (AvgIpc) is 2.51. The Labute approximate surface area is 125 Å². The van der Waals surface area contributed by atoms with Gasteiger partial charge >= 0.3 is 5.97 Å². The van der Waals surface area contributed by atoms with Gasteiger partial charge in [-0.15, -0.1) is 0 Å². The summed E-state index contributed by atoms with van der Waals surface area (Å²) < 4.78 is 0. The molecule has 0 bridgehead atoms. The zero-order chi connectivity index (χ0) is 15.9. The van der Waals surface area contributed by atoms with Crippen LogP contribution in [0, 0.1) is 0 Å². The molecule has 2 aromatic rings. The highest BCUT2D eigenvalue weighted by Gasteiger charge is 2.12. The Kier molecular flexibility index (Phi) is 4.86. The molecule has 0 saturated heterocycles. The fourth-order valence-corrected chi connectivity index (χ4v) is 1.68. The van der Waals surface area contributed by atoms with E-state index >= 15 is 0 Å². The molecule has 0 fully saturated rings. The fraction of sp³-hybridized carbons (Fsp3) is 0.143. The van der Waals surface area contributed by atoms with Gasteiger partial charge < -0.3 is 15.7 Å². The topological polar surface area (TPSA) is 124 Å². The van der Waals surface area contributed by atoms with Crippen LogP contribution < -0.4 is 16.2 Å². The number of hydrogen-bond donors (Lipinski definition) is 4. The Morgan fingerprint density at radius 1 is 1.23 bits per heavy atom. The number of hydrogen-bond acceptors (Lipinski definition) is 5. The first-order chi connectivity index (χ1) is 10.6. The number of carboxylic acids is 1. The first-order valence-electron chi connectivity index (χ1n) is 6.43. The summed E-state index contributed by atoms with van der Waals surface area (Å²) in [5.41, 5.74) is 0.119. The van der Waals surface area contributed by atoms with E-state index in [9.17, 15) is 14.4 Å². The van der Waals surface area contributed by atoms with Crippen molar-refractivity contribution >= 4 is 17.8 Å². The van der Waals surface area contributed by atoms with Crippen molar-refractivity contribution in [2.45, 2.75) is 6.54 Å². The number of benzene rings is 1. The predicted molar refractivity (Wildman–Crippen MR) is 78.6 cm³/mol. The van der Waals surface area contributed by atoms with E-state index in [1.807, 2.05) is 30.3 Å². The lowest BCUT2D eigenvalue weighted by molar-refractivity contribution is -0.135. The van der Waals surface area contributed by atoms with Crippen LogP contribution in [0.4, 0.5) is 5.95 Å². The van der Waals surface area contributed by atoms with Crippen molar-refractivity contribution in [1.29, 1.82) is 0 Å². The standard InChI is InChI=1S/C14H14N4O4/c19-11(20)8-15-12(21)10-7-17-14(18-13(10)22)16-6-9-4-2-1-3-5-9/h1-5,7H,6,8H2,(H,15,21)(H,19,20)(H2,16,17,18,22). The molecule has 0 radical (unpaired) electrons. The summed E-state index contributed by atoms with van der Waals surface area (Å²) in [4.78, 5) is 40.1. The van der Waals surface area contributed by atoms with E-state index in [4.69, 9.17) is 5.11 Å². The number of nitrogens with zero attached hydrogens (tertiary/aromatic N) is 1. The van der Waals surface area contributed by atoms with Gasteiger partial charge in [-0.2, -0.15) is 0 Å². The smallest absolute Gasteiger partial charge is 0.322 e. The van der Waals surface area contributed by atoms with Crippen LogP contribution in [0.25, 0.3) is 0 Å². The van der Waals surface area contributed by atoms with Crippen LogP contribution in [0.1, 0.15) is 15.9 Å². The van der Waals surface area contributed by atoms with Crippen LogP contribution in [-0.2, 0) is 11.3 Å². The monoisotopic (exact) mass is 302 g/mol. The van der Waals surface area contributed by atoms with Gasteiger partial charge in [-0.05, 0) is 5.56 Å². The van der Waals surface area contributed by atoms with Crippen LogP contribution >= 0.6 is 0 Å². The van der Waals surface area contributed by atoms with Gasteiger partial charge in [0.15, 0.2) is 0 Å². The maximum absolute atomic E-state index is 11.8. The van der Waals surface area contributed by atoms with Crippen LogP contribution in [0.15, 0.2) is 41.3 Å². The summed E-state index contributed by atoms with van der Waals surface area (Å²) in [5.74, 6) is -1.76. The highest BCUT2D eigenvalue weighted by Crippen LogP contribution is 2.02. The molecule has 1 heterocycles. The van der Waals surface area contributed by atoms with Gasteiger partial charge in [0.1, 0.15) is 12.1 Å². The Morgan fingerprint density at radius 2 is 1.95 bits per heavy atom.